The first-order valence-electron chi connectivity index (χ1n) is 6.24. The summed E-state index contributed by atoms with van der Waals surface area (Å²) < 4.78 is 1.15. The van der Waals surface area contributed by atoms with Gasteiger partial charge < -0.3 is 5.32 Å². The molecule has 0 atom stereocenters. The van der Waals surface area contributed by atoms with Gasteiger partial charge in [-0.3, -0.25) is 0 Å². The molecule has 0 bridgehead atoms. The third-order valence-electron chi connectivity index (χ3n) is 2.66. The number of thiazole rings is 1. The number of benzene rings is 1. The van der Waals surface area contributed by atoms with Gasteiger partial charge in [0, 0.05) is 20.8 Å². The number of nitrogens with one attached hydrogen (secondary N) is 1. The molecule has 5 heteroatoms. The van der Waals surface area contributed by atoms with Crippen LogP contribution in [0.2, 0.25) is 0 Å². The van der Waals surface area contributed by atoms with Gasteiger partial charge in [0.2, 0.25) is 0 Å². The quantitative estimate of drug-likeness (QED) is 0.764. The predicted molar refractivity (Wildman–Crippen MR) is 87.9 cm³/mol. The predicted octanol–water partition coefficient (Wildman–Crippen LogP) is 4.62. The summed E-state index contributed by atoms with van der Waals surface area (Å²) in [5, 5.41) is 4.56. The maximum Gasteiger partial charge on any atom is 0.103 e. The molecule has 0 aliphatic carbocycles. The highest BCUT2D eigenvalue weighted by atomic mass is 79.9. The summed E-state index contributed by atoms with van der Waals surface area (Å²) in [6.45, 7) is 6.15. The fourth-order valence-corrected chi connectivity index (χ4v) is 4.25. The molecule has 0 fully saturated rings. The van der Waals surface area contributed by atoms with E-state index < -0.39 is 0 Å². The van der Waals surface area contributed by atoms with Gasteiger partial charge in [-0.05, 0) is 41.5 Å². The van der Waals surface area contributed by atoms with Crippen molar-refractivity contribution in [3.05, 3.63) is 44.3 Å². The molecule has 1 heterocycles. The smallest absolute Gasteiger partial charge is 0.103 e. The van der Waals surface area contributed by atoms with Crippen molar-refractivity contribution in [2.45, 2.75) is 31.0 Å². The Balaban J connectivity index is 1.98. The minimum absolute atomic E-state index is 0.930. The van der Waals surface area contributed by atoms with Gasteiger partial charge in [-0.25, -0.2) is 4.98 Å². The Morgan fingerprint density at radius 2 is 2.16 bits per heavy atom. The third kappa shape index (κ3) is 4.31. The third-order valence-corrected chi connectivity index (χ3v) is 6.04. The summed E-state index contributed by atoms with van der Waals surface area (Å²) in [6, 6.07) is 8.31. The Hall–Kier alpha value is -0.360. The number of hydrogen-bond donors (Lipinski definition) is 1. The van der Waals surface area contributed by atoms with Crippen LogP contribution in [0.4, 0.5) is 0 Å². The van der Waals surface area contributed by atoms with Crippen molar-refractivity contribution < 1.29 is 0 Å². The Kier molecular flexibility index (Phi) is 5.88. The number of hydrogen-bond acceptors (Lipinski definition) is 4. The highest BCUT2D eigenvalue weighted by Crippen LogP contribution is 2.31. The molecule has 0 radical (unpaired) electrons. The van der Waals surface area contributed by atoms with Gasteiger partial charge in [0.1, 0.15) is 5.01 Å². The highest BCUT2D eigenvalue weighted by molar-refractivity contribution is 9.10. The molecule has 1 N–H and O–H groups in total. The molecule has 0 aliphatic heterocycles. The van der Waals surface area contributed by atoms with Gasteiger partial charge in [-0.2, -0.15) is 0 Å². The molecule has 102 valence electrons. The van der Waals surface area contributed by atoms with Crippen LogP contribution in [-0.2, 0) is 12.3 Å². The monoisotopic (exact) mass is 356 g/mol. The van der Waals surface area contributed by atoms with E-state index in [1.165, 1.54) is 14.8 Å². The molecule has 2 nitrogen and oxygen atoms in total. The second-order valence-corrected chi connectivity index (χ2v) is 7.16. The fraction of sp³-hybridized carbons (Fsp3) is 0.357. The Bertz CT molecular complexity index is 540. The first-order chi connectivity index (χ1) is 9.20. The van der Waals surface area contributed by atoms with Crippen LogP contribution in [0.25, 0.3) is 0 Å². The number of aryl methyl sites for hydroxylation is 1. The molecule has 0 spiro atoms. The van der Waals surface area contributed by atoms with Gasteiger partial charge in [0.25, 0.3) is 0 Å². The highest BCUT2D eigenvalue weighted by Gasteiger charge is 2.08. The van der Waals surface area contributed by atoms with Crippen molar-refractivity contribution in [1.82, 2.24) is 10.3 Å². The molecule has 0 saturated heterocycles. The average Bonchev–Trinajstić information content (AvgIpc) is 2.76. The molecule has 0 saturated carbocycles. The number of halogens is 1. The molecule has 0 amide bonds. The van der Waals surface area contributed by atoms with E-state index >= 15 is 0 Å². The zero-order valence-electron chi connectivity index (χ0n) is 11.1. The van der Waals surface area contributed by atoms with E-state index in [2.05, 4.69) is 58.3 Å². The lowest BCUT2D eigenvalue weighted by Gasteiger charge is -2.01. The second kappa shape index (κ2) is 7.43. The summed E-state index contributed by atoms with van der Waals surface area (Å²) >= 11 is 7.22. The van der Waals surface area contributed by atoms with E-state index in [0.717, 1.165) is 29.0 Å². The molecule has 2 aromatic rings. The summed E-state index contributed by atoms with van der Waals surface area (Å²) in [6.07, 6.45) is 0. The zero-order valence-corrected chi connectivity index (χ0v) is 14.3. The minimum atomic E-state index is 0.930. The van der Waals surface area contributed by atoms with Gasteiger partial charge in [0.05, 0.1) is 11.4 Å². The number of rotatable bonds is 6. The Morgan fingerprint density at radius 3 is 2.89 bits per heavy atom. The lowest BCUT2D eigenvalue weighted by molar-refractivity contribution is 0.731. The number of thioether (sulfide) groups is 1. The van der Waals surface area contributed by atoms with Gasteiger partial charge in [-0.1, -0.05) is 19.1 Å². The summed E-state index contributed by atoms with van der Waals surface area (Å²) in [4.78, 5) is 7.27. The van der Waals surface area contributed by atoms with E-state index in [1.807, 2.05) is 29.2 Å². The second-order valence-electron chi connectivity index (χ2n) is 4.12. The number of aromatic nitrogens is 1. The average molecular weight is 357 g/mol. The summed E-state index contributed by atoms with van der Waals surface area (Å²) in [7, 11) is 0. The summed E-state index contributed by atoms with van der Waals surface area (Å²) in [5.41, 5.74) is 1.16. The molecular formula is C14H17BrN2S2. The topological polar surface area (TPSA) is 24.9 Å². The van der Waals surface area contributed by atoms with Crippen molar-refractivity contribution in [2.24, 2.45) is 0 Å². The van der Waals surface area contributed by atoms with Crippen molar-refractivity contribution in [3.8, 4) is 0 Å². The van der Waals surface area contributed by atoms with Crippen molar-refractivity contribution in [2.75, 3.05) is 6.54 Å². The van der Waals surface area contributed by atoms with Crippen molar-refractivity contribution >= 4 is 39.0 Å². The SMILES string of the molecule is CCNCc1sc(CSc2ccccc2Br)nc1C. The van der Waals surface area contributed by atoms with Crippen LogP contribution < -0.4 is 5.32 Å². The molecule has 2 rings (SSSR count). The Labute approximate surface area is 131 Å². The van der Waals surface area contributed by atoms with Crippen LogP contribution in [0.1, 0.15) is 22.5 Å². The van der Waals surface area contributed by atoms with Crippen LogP contribution in [0.15, 0.2) is 33.6 Å². The standard InChI is InChI=1S/C14H17BrN2S2/c1-3-16-8-13-10(2)17-14(19-13)9-18-12-7-5-4-6-11(12)15/h4-7,16H,3,8-9H2,1-2H3. The first-order valence-corrected chi connectivity index (χ1v) is 8.83. The van der Waals surface area contributed by atoms with E-state index in [-0.39, 0.29) is 0 Å². The van der Waals surface area contributed by atoms with Crippen LogP contribution >= 0.6 is 39.0 Å². The van der Waals surface area contributed by atoms with Crippen molar-refractivity contribution in [3.63, 3.8) is 0 Å². The lowest BCUT2D eigenvalue weighted by atomic mass is 10.4. The molecule has 1 aromatic heterocycles. The van der Waals surface area contributed by atoms with E-state index in [9.17, 15) is 0 Å². The largest absolute Gasteiger partial charge is 0.312 e. The Morgan fingerprint density at radius 1 is 1.37 bits per heavy atom. The summed E-state index contributed by atoms with van der Waals surface area (Å²) in [5.74, 6) is 0.931. The van der Waals surface area contributed by atoms with Crippen LogP contribution in [0, 0.1) is 6.92 Å². The molecule has 1 aromatic carbocycles. The van der Waals surface area contributed by atoms with Crippen LogP contribution in [-0.4, -0.2) is 11.5 Å². The fourth-order valence-electron chi connectivity index (χ4n) is 1.65. The molecule has 19 heavy (non-hydrogen) atoms. The van der Waals surface area contributed by atoms with Gasteiger partial charge in [0.15, 0.2) is 0 Å². The van der Waals surface area contributed by atoms with E-state index in [0.29, 0.717) is 0 Å². The van der Waals surface area contributed by atoms with Crippen LogP contribution in [0.5, 0.6) is 0 Å². The normalized spacial score (nSPS) is 10.9. The number of nitrogens with zero attached hydrogens (tertiary/aromatic N) is 1. The zero-order chi connectivity index (χ0) is 13.7. The van der Waals surface area contributed by atoms with Crippen LogP contribution in [0.3, 0.4) is 0 Å². The van der Waals surface area contributed by atoms with E-state index in [1.54, 1.807) is 0 Å². The van der Waals surface area contributed by atoms with Crippen molar-refractivity contribution in [1.29, 1.82) is 0 Å². The molecular weight excluding hydrogens is 340 g/mol. The molecule has 0 aliphatic rings. The maximum absolute atomic E-state index is 4.65. The van der Waals surface area contributed by atoms with E-state index in [4.69, 9.17) is 0 Å². The minimum Gasteiger partial charge on any atom is -0.312 e. The molecule has 0 unspecified atom stereocenters. The first kappa shape index (κ1) is 15.0. The maximum atomic E-state index is 4.65. The lowest BCUT2D eigenvalue weighted by Crippen LogP contribution is -2.11. The van der Waals surface area contributed by atoms with Gasteiger partial charge >= 0.3 is 0 Å². The van der Waals surface area contributed by atoms with Gasteiger partial charge in [-0.15, -0.1) is 23.1 Å².